The van der Waals surface area contributed by atoms with Crippen LogP contribution in [0.2, 0.25) is 0 Å². The van der Waals surface area contributed by atoms with Crippen LogP contribution in [0.5, 0.6) is 0 Å². The fourth-order valence-corrected chi connectivity index (χ4v) is 3.94. The molecule has 0 unspecified atom stereocenters. The van der Waals surface area contributed by atoms with Crippen LogP contribution in [0.4, 0.5) is 4.39 Å². The minimum Gasteiger partial charge on any atom is -0.341 e. The highest BCUT2D eigenvalue weighted by Gasteiger charge is 2.23. The van der Waals surface area contributed by atoms with Crippen molar-refractivity contribution in [2.75, 3.05) is 13.1 Å². The predicted octanol–water partition coefficient (Wildman–Crippen LogP) is 3.53. The molecule has 1 saturated heterocycles. The highest BCUT2D eigenvalue weighted by Crippen LogP contribution is 2.22. The van der Waals surface area contributed by atoms with Gasteiger partial charge in [0.2, 0.25) is 5.91 Å². The second-order valence-electron chi connectivity index (χ2n) is 7.71. The minimum atomic E-state index is -0.415. The lowest BCUT2D eigenvalue weighted by Crippen LogP contribution is -2.42. The van der Waals surface area contributed by atoms with Crippen LogP contribution < -0.4 is 5.56 Å². The van der Waals surface area contributed by atoms with Gasteiger partial charge in [0.15, 0.2) is 0 Å². The largest absolute Gasteiger partial charge is 0.341 e. The molecule has 3 aromatic rings. The maximum absolute atomic E-state index is 14.1. The van der Waals surface area contributed by atoms with Crippen LogP contribution in [0.25, 0.3) is 11.3 Å². The molecule has 1 fully saturated rings. The van der Waals surface area contributed by atoms with Gasteiger partial charge in [0.05, 0.1) is 5.69 Å². The molecule has 2 aromatic carbocycles. The summed E-state index contributed by atoms with van der Waals surface area (Å²) in [5.41, 5.74) is 1.59. The summed E-state index contributed by atoms with van der Waals surface area (Å²) in [6, 6.07) is 19.5. The summed E-state index contributed by atoms with van der Waals surface area (Å²) in [6.07, 6.45) is 2.91. The molecule has 4 rings (SSSR count). The van der Waals surface area contributed by atoms with Gasteiger partial charge in [0.25, 0.3) is 5.56 Å². The number of piperidine rings is 1. The van der Waals surface area contributed by atoms with Crippen LogP contribution >= 0.6 is 0 Å². The summed E-state index contributed by atoms with van der Waals surface area (Å²) >= 11 is 0. The molecule has 6 heteroatoms. The van der Waals surface area contributed by atoms with E-state index in [1.807, 2.05) is 18.2 Å². The van der Waals surface area contributed by atoms with Gasteiger partial charge in [0, 0.05) is 24.7 Å². The summed E-state index contributed by atoms with van der Waals surface area (Å²) < 4.78 is 15.2. The van der Waals surface area contributed by atoms with Gasteiger partial charge < -0.3 is 4.90 Å². The smallest absolute Gasteiger partial charge is 0.267 e. The Kier molecular flexibility index (Phi) is 6.02. The first-order valence-electron chi connectivity index (χ1n) is 10.2. The molecule has 0 bridgehead atoms. The second-order valence-corrected chi connectivity index (χ2v) is 7.71. The highest BCUT2D eigenvalue weighted by molar-refractivity contribution is 5.76. The fraction of sp³-hybridized carbons (Fsp3) is 0.292. The first kappa shape index (κ1) is 20.0. The van der Waals surface area contributed by atoms with E-state index in [1.54, 1.807) is 23.1 Å². The molecule has 1 aliphatic rings. The molecule has 2 heterocycles. The Morgan fingerprint density at radius 2 is 1.67 bits per heavy atom. The van der Waals surface area contributed by atoms with Crippen molar-refractivity contribution < 1.29 is 9.18 Å². The van der Waals surface area contributed by atoms with E-state index in [9.17, 15) is 14.0 Å². The second kappa shape index (κ2) is 9.03. The van der Waals surface area contributed by atoms with Crippen LogP contribution in [0, 0.1) is 11.7 Å². The number of carbonyl (C=O) groups is 1. The van der Waals surface area contributed by atoms with Gasteiger partial charge in [-0.15, -0.1) is 0 Å². The monoisotopic (exact) mass is 405 g/mol. The van der Waals surface area contributed by atoms with Gasteiger partial charge >= 0.3 is 0 Å². The topological polar surface area (TPSA) is 55.2 Å². The lowest BCUT2D eigenvalue weighted by atomic mass is 9.90. The molecule has 0 N–H and O–H groups in total. The van der Waals surface area contributed by atoms with Gasteiger partial charge in [0.1, 0.15) is 12.4 Å². The van der Waals surface area contributed by atoms with Crippen molar-refractivity contribution in [3.63, 3.8) is 0 Å². The number of aromatic nitrogens is 2. The molecule has 154 valence electrons. The standard InChI is InChI=1S/C24H24FN3O2/c25-21-9-5-4-8-20(21)22-10-11-23(29)28(26-22)17-24(30)27-14-12-19(13-15-27)16-18-6-2-1-3-7-18/h1-11,19H,12-17H2. The number of carbonyl (C=O) groups excluding carboxylic acids is 1. The van der Waals surface area contributed by atoms with E-state index < -0.39 is 5.82 Å². The van der Waals surface area contributed by atoms with E-state index in [0.29, 0.717) is 30.3 Å². The van der Waals surface area contributed by atoms with Crippen LogP contribution in [0.1, 0.15) is 18.4 Å². The summed E-state index contributed by atoms with van der Waals surface area (Å²) in [7, 11) is 0. The Hall–Kier alpha value is -3.28. The van der Waals surface area contributed by atoms with Gasteiger partial charge in [-0.1, -0.05) is 42.5 Å². The van der Waals surface area contributed by atoms with Gasteiger partial charge in [-0.2, -0.15) is 5.10 Å². The zero-order valence-electron chi connectivity index (χ0n) is 16.7. The maximum atomic E-state index is 14.1. The SMILES string of the molecule is O=C(Cn1nc(-c2ccccc2F)ccc1=O)N1CCC(Cc2ccccc2)CC1. The van der Waals surface area contributed by atoms with Crippen molar-refractivity contribution in [3.05, 3.63) is 88.5 Å². The lowest BCUT2D eigenvalue weighted by molar-refractivity contribution is -0.133. The molecular weight excluding hydrogens is 381 g/mol. The molecule has 0 aliphatic carbocycles. The Bertz CT molecular complexity index is 1070. The van der Waals surface area contributed by atoms with E-state index in [4.69, 9.17) is 0 Å². The Morgan fingerprint density at radius 3 is 2.40 bits per heavy atom. The maximum Gasteiger partial charge on any atom is 0.267 e. The molecule has 1 aliphatic heterocycles. The molecule has 1 amide bonds. The van der Waals surface area contributed by atoms with Crippen molar-refractivity contribution in [2.24, 2.45) is 5.92 Å². The van der Waals surface area contributed by atoms with Crippen LogP contribution in [0.3, 0.4) is 0 Å². The summed E-state index contributed by atoms with van der Waals surface area (Å²) in [4.78, 5) is 26.7. The molecule has 30 heavy (non-hydrogen) atoms. The Morgan fingerprint density at radius 1 is 0.967 bits per heavy atom. The Balaban J connectivity index is 1.39. The number of hydrogen-bond donors (Lipinski definition) is 0. The molecule has 0 saturated carbocycles. The molecule has 0 radical (unpaired) electrons. The van der Waals surface area contributed by atoms with Gasteiger partial charge in [-0.3, -0.25) is 9.59 Å². The van der Waals surface area contributed by atoms with Crippen molar-refractivity contribution in [3.8, 4) is 11.3 Å². The van der Waals surface area contributed by atoms with Crippen molar-refractivity contribution in [2.45, 2.75) is 25.8 Å². The zero-order valence-corrected chi connectivity index (χ0v) is 16.7. The van der Waals surface area contributed by atoms with Crippen LogP contribution in [0.15, 0.2) is 71.5 Å². The minimum absolute atomic E-state index is 0.131. The number of rotatable bonds is 5. The predicted molar refractivity (Wildman–Crippen MR) is 113 cm³/mol. The number of amides is 1. The average Bonchev–Trinajstić information content (AvgIpc) is 2.77. The summed E-state index contributed by atoms with van der Waals surface area (Å²) in [5, 5.41) is 4.23. The Labute approximate surface area is 174 Å². The summed E-state index contributed by atoms with van der Waals surface area (Å²) in [6.45, 7) is 1.22. The third-order valence-electron chi connectivity index (χ3n) is 5.64. The number of nitrogens with zero attached hydrogens (tertiary/aromatic N) is 3. The lowest BCUT2D eigenvalue weighted by Gasteiger charge is -2.32. The van der Waals surface area contributed by atoms with Crippen molar-refractivity contribution in [1.82, 2.24) is 14.7 Å². The van der Waals surface area contributed by atoms with Crippen LogP contribution in [-0.2, 0) is 17.8 Å². The van der Waals surface area contributed by atoms with E-state index in [0.717, 1.165) is 23.9 Å². The quantitative estimate of drug-likeness (QED) is 0.653. The normalized spacial score (nSPS) is 14.6. The van der Waals surface area contributed by atoms with Gasteiger partial charge in [-0.05, 0) is 48.9 Å². The third kappa shape index (κ3) is 4.64. The first-order chi connectivity index (χ1) is 14.6. The van der Waals surface area contributed by atoms with Crippen molar-refractivity contribution in [1.29, 1.82) is 0 Å². The zero-order chi connectivity index (χ0) is 20.9. The third-order valence-corrected chi connectivity index (χ3v) is 5.64. The van der Waals surface area contributed by atoms with Gasteiger partial charge in [-0.25, -0.2) is 9.07 Å². The molecule has 1 aromatic heterocycles. The molecule has 0 atom stereocenters. The average molecular weight is 405 g/mol. The number of halogens is 1. The highest BCUT2D eigenvalue weighted by atomic mass is 19.1. The molecule has 5 nitrogen and oxygen atoms in total. The number of hydrogen-bond acceptors (Lipinski definition) is 3. The van der Waals surface area contributed by atoms with E-state index in [1.165, 1.54) is 23.8 Å². The fourth-order valence-electron chi connectivity index (χ4n) is 3.94. The number of benzene rings is 2. The first-order valence-corrected chi connectivity index (χ1v) is 10.2. The van der Waals surface area contributed by atoms with Crippen LogP contribution in [-0.4, -0.2) is 33.7 Å². The number of likely N-dealkylation sites (tertiary alicyclic amines) is 1. The summed E-state index contributed by atoms with van der Waals surface area (Å²) in [5.74, 6) is 0.0112. The van der Waals surface area contributed by atoms with Crippen molar-refractivity contribution >= 4 is 5.91 Å². The van der Waals surface area contributed by atoms with E-state index in [-0.39, 0.29) is 18.0 Å². The van der Waals surface area contributed by atoms with E-state index >= 15 is 0 Å². The molecular formula is C24H24FN3O2. The molecule has 0 spiro atoms. The van der Waals surface area contributed by atoms with E-state index in [2.05, 4.69) is 17.2 Å².